The maximum absolute atomic E-state index is 11.5. The van der Waals surface area contributed by atoms with Crippen molar-refractivity contribution in [1.29, 1.82) is 0 Å². The molecular weight excluding hydrogens is 266 g/mol. The van der Waals surface area contributed by atoms with Crippen molar-refractivity contribution in [2.75, 3.05) is 13.3 Å². The molecule has 0 spiro atoms. The normalized spacial score (nSPS) is 14.1. The summed E-state index contributed by atoms with van der Waals surface area (Å²) in [7, 11) is 3.61. The molecule has 0 aromatic rings. The predicted molar refractivity (Wildman–Crippen MR) is 84.7 cm³/mol. The molecular formula is C13H30O3P2. The Labute approximate surface area is 117 Å². The second kappa shape index (κ2) is 9.23. The lowest BCUT2D eigenvalue weighted by Crippen LogP contribution is -2.31. The van der Waals surface area contributed by atoms with E-state index in [1.54, 1.807) is 0 Å². The van der Waals surface area contributed by atoms with E-state index in [9.17, 15) is 4.79 Å². The van der Waals surface area contributed by atoms with Crippen LogP contribution in [-0.2, 0) is 14.3 Å². The fraction of sp³-hybridized carbons (Fsp3) is 0.923. The van der Waals surface area contributed by atoms with Gasteiger partial charge in [0.25, 0.3) is 0 Å². The van der Waals surface area contributed by atoms with Crippen LogP contribution in [0.25, 0.3) is 0 Å². The molecule has 0 bridgehead atoms. The van der Waals surface area contributed by atoms with Gasteiger partial charge < -0.3 is 9.47 Å². The summed E-state index contributed by atoms with van der Waals surface area (Å²) in [6, 6.07) is 0. The minimum absolute atomic E-state index is 0.0729. The van der Waals surface area contributed by atoms with E-state index in [0.29, 0.717) is 6.61 Å². The monoisotopic (exact) mass is 296 g/mol. The Morgan fingerprint density at radius 1 is 1.22 bits per heavy atom. The van der Waals surface area contributed by atoms with E-state index >= 15 is 0 Å². The number of carbonyl (C=O) groups is 1. The zero-order valence-corrected chi connectivity index (χ0v) is 15.2. The highest BCUT2D eigenvalue weighted by Gasteiger charge is 2.24. The largest absolute Gasteiger partial charge is 0.463 e. The molecule has 0 saturated heterocycles. The first kappa shape index (κ1) is 20.6. The van der Waals surface area contributed by atoms with Gasteiger partial charge in [0.2, 0.25) is 0 Å². The topological polar surface area (TPSA) is 35.5 Å². The van der Waals surface area contributed by atoms with Crippen LogP contribution in [0, 0.1) is 5.41 Å². The summed E-state index contributed by atoms with van der Waals surface area (Å²) >= 11 is 0. The minimum Gasteiger partial charge on any atom is -0.463 e. The van der Waals surface area contributed by atoms with Crippen LogP contribution < -0.4 is 0 Å². The Bertz CT molecular complexity index is 229. The van der Waals surface area contributed by atoms with Crippen LogP contribution in [-0.4, -0.2) is 30.9 Å². The van der Waals surface area contributed by atoms with Crippen LogP contribution in [0.4, 0.5) is 0 Å². The van der Waals surface area contributed by atoms with Gasteiger partial charge in [0.15, 0.2) is 0 Å². The highest BCUT2D eigenvalue weighted by atomic mass is 32.0. The molecule has 0 aliphatic rings. The van der Waals surface area contributed by atoms with Gasteiger partial charge in [-0.2, -0.15) is 0 Å². The van der Waals surface area contributed by atoms with Gasteiger partial charge in [0.1, 0.15) is 6.61 Å². The first-order valence-corrected chi connectivity index (χ1v) is 9.47. The number of esters is 1. The van der Waals surface area contributed by atoms with Crippen molar-refractivity contribution in [3.05, 3.63) is 0 Å². The molecule has 3 unspecified atom stereocenters. The molecule has 3 atom stereocenters. The molecule has 5 heteroatoms. The van der Waals surface area contributed by atoms with Crippen molar-refractivity contribution in [1.82, 2.24) is 0 Å². The lowest BCUT2D eigenvalue weighted by molar-refractivity contribution is -0.160. The fourth-order valence-corrected chi connectivity index (χ4v) is 1.05. The predicted octanol–water partition coefficient (Wildman–Crippen LogP) is 3.86. The summed E-state index contributed by atoms with van der Waals surface area (Å²) < 4.78 is 10.8. The maximum Gasteiger partial charge on any atom is 0.311 e. The average Bonchev–Trinajstić information content (AvgIpc) is 2.11. The summed E-state index contributed by atoms with van der Waals surface area (Å²) in [5.74, 6) is -0.188. The number of hydrogen-bond acceptors (Lipinski definition) is 3. The molecule has 0 amide bonds. The SMILES string of the molecule is CC(COC(=O)C(C)(C)C)OC(C)(C)C.CPP. The Morgan fingerprint density at radius 3 is 1.89 bits per heavy atom. The maximum atomic E-state index is 11.5. The fourth-order valence-electron chi connectivity index (χ4n) is 1.05. The number of hydrogen-bond donors (Lipinski definition) is 0. The Morgan fingerprint density at radius 2 is 1.61 bits per heavy atom. The van der Waals surface area contributed by atoms with Crippen LogP contribution in [0.15, 0.2) is 0 Å². The third kappa shape index (κ3) is 14.4. The zero-order chi connectivity index (χ0) is 15.0. The third-order valence-electron chi connectivity index (χ3n) is 1.62. The van der Waals surface area contributed by atoms with Crippen LogP contribution >= 0.6 is 17.2 Å². The van der Waals surface area contributed by atoms with Crippen molar-refractivity contribution in [2.45, 2.75) is 60.2 Å². The van der Waals surface area contributed by atoms with Gasteiger partial charge in [-0.25, -0.2) is 0 Å². The van der Waals surface area contributed by atoms with Crippen LogP contribution in [0.5, 0.6) is 0 Å². The molecule has 0 N–H and O–H groups in total. The van der Waals surface area contributed by atoms with Gasteiger partial charge in [0, 0.05) is 0 Å². The average molecular weight is 296 g/mol. The molecule has 0 saturated carbocycles. The summed E-state index contributed by atoms with van der Waals surface area (Å²) in [5, 5.41) is 0. The first-order valence-electron chi connectivity index (χ1n) is 6.16. The molecule has 18 heavy (non-hydrogen) atoms. The van der Waals surface area contributed by atoms with Crippen molar-refractivity contribution >= 4 is 23.2 Å². The van der Waals surface area contributed by atoms with Crippen molar-refractivity contribution in [3.63, 3.8) is 0 Å². The van der Waals surface area contributed by atoms with Gasteiger partial charge in [-0.05, 0) is 55.1 Å². The molecule has 0 aromatic heterocycles. The standard InChI is InChI=1S/C12H24O3.CH6P2/c1-9(15-12(5,6)7)8-14-10(13)11(2,3)4;1-3-2/h9H,8H2,1-7H3;3H,2H2,1H3. The molecule has 110 valence electrons. The number of ether oxygens (including phenoxy) is 2. The van der Waals surface area contributed by atoms with Gasteiger partial charge >= 0.3 is 5.97 Å². The molecule has 0 aliphatic carbocycles. The number of carbonyl (C=O) groups excluding carboxylic acids is 1. The van der Waals surface area contributed by atoms with E-state index < -0.39 is 5.41 Å². The van der Waals surface area contributed by atoms with Crippen molar-refractivity contribution in [3.8, 4) is 0 Å². The van der Waals surface area contributed by atoms with Crippen molar-refractivity contribution < 1.29 is 14.3 Å². The van der Waals surface area contributed by atoms with E-state index in [-0.39, 0.29) is 17.7 Å². The molecule has 0 aromatic carbocycles. The smallest absolute Gasteiger partial charge is 0.311 e. The summed E-state index contributed by atoms with van der Waals surface area (Å²) in [4.78, 5) is 11.5. The highest BCUT2D eigenvalue weighted by molar-refractivity contribution is 8.02. The zero-order valence-electron chi connectivity index (χ0n) is 13.1. The first-order chi connectivity index (χ1) is 7.94. The molecule has 0 heterocycles. The summed E-state index contributed by atoms with van der Waals surface area (Å²) in [6.07, 6.45) is -0.0729. The number of rotatable bonds is 3. The van der Waals surface area contributed by atoms with E-state index in [4.69, 9.17) is 9.47 Å². The van der Waals surface area contributed by atoms with Gasteiger partial charge in [-0.15, -0.1) is 17.2 Å². The van der Waals surface area contributed by atoms with Gasteiger partial charge in [-0.3, -0.25) is 4.79 Å². The van der Waals surface area contributed by atoms with Gasteiger partial charge in [-0.1, -0.05) is 0 Å². The Kier molecular flexibility index (Phi) is 10.6. The minimum atomic E-state index is -0.443. The molecule has 3 nitrogen and oxygen atoms in total. The second-order valence-corrected chi connectivity index (χ2v) is 8.49. The van der Waals surface area contributed by atoms with Crippen LogP contribution in [0.1, 0.15) is 48.5 Å². The molecule has 0 aliphatic heterocycles. The van der Waals surface area contributed by atoms with Gasteiger partial charge in [0.05, 0.1) is 17.1 Å². The van der Waals surface area contributed by atoms with Crippen molar-refractivity contribution in [2.24, 2.45) is 5.41 Å². The van der Waals surface area contributed by atoms with Crippen LogP contribution in [0.3, 0.4) is 0 Å². The van der Waals surface area contributed by atoms with Crippen LogP contribution in [0.2, 0.25) is 0 Å². The molecule has 0 radical (unpaired) electrons. The Balaban J connectivity index is 0. The quantitative estimate of drug-likeness (QED) is 0.586. The molecule has 0 rings (SSSR count). The Hall–Kier alpha value is 0.290. The van der Waals surface area contributed by atoms with E-state index in [0.717, 1.165) is 8.27 Å². The lowest BCUT2D eigenvalue weighted by atomic mass is 9.97. The third-order valence-corrected chi connectivity index (χ3v) is 1.62. The molecule has 0 fully saturated rings. The van der Waals surface area contributed by atoms with E-state index in [1.807, 2.05) is 48.5 Å². The summed E-state index contributed by atoms with van der Waals surface area (Å²) in [6.45, 7) is 15.8. The van der Waals surface area contributed by atoms with E-state index in [2.05, 4.69) is 15.6 Å². The highest BCUT2D eigenvalue weighted by Crippen LogP contribution is 2.16. The second-order valence-electron chi connectivity index (χ2n) is 6.18. The summed E-state index contributed by atoms with van der Waals surface area (Å²) in [5.41, 5.74) is -0.644. The lowest BCUT2D eigenvalue weighted by Gasteiger charge is -2.26. The van der Waals surface area contributed by atoms with E-state index in [1.165, 1.54) is 0 Å².